The molecule has 2 amide bonds. The number of amides is 2. The Labute approximate surface area is 186 Å². The number of methoxy groups -OCH3 is 2. The van der Waals surface area contributed by atoms with Crippen molar-refractivity contribution >= 4 is 11.8 Å². The van der Waals surface area contributed by atoms with Gasteiger partial charge in [-0.25, -0.2) is 0 Å². The van der Waals surface area contributed by atoms with Gasteiger partial charge in [0.05, 0.1) is 14.2 Å². The molecule has 2 aliphatic rings. The average Bonchev–Trinajstić information content (AvgIpc) is 2.82. The lowest BCUT2D eigenvalue weighted by atomic mass is 9.86. The van der Waals surface area contributed by atoms with Crippen molar-refractivity contribution < 1.29 is 19.1 Å². The van der Waals surface area contributed by atoms with Gasteiger partial charge in [0.25, 0.3) is 0 Å². The van der Waals surface area contributed by atoms with Gasteiger partial charge in [0.15, 0.2) is 11.5 Å². The molecule has 0 spiro atoms. The maximum absolute atomic E-state index is 12.6. The Balaban J connectivity index is 1.35. The van der Waals surface area contributed by atoms with Gasteiger partial charge in [-0.15, -0.1) is 0 Å². The van der Waals surface area contributed by atoms with Gasteiger partial charge >= 0.3 is 0 Å². The zero-order chi connectivity index (χ0) is 22.1. The van der Waals surface area contributed by atoms with Crippen LogP contribution in [0.2, 0.25) is 0 Å². The van der Waals surface area contributed by atoms with E-state index in [1.807, 2.05) is 23.1 Å². The summed E-state index contributed by atoms with van der Waals surface area (Å²) in [5.41, 5.74) is 1.06. The summed E-state index contributed by atoms with van der Waals surface area (Å²) in [6.07, 6.45) is 11.1. The molecule has 1 N–H and O–H groups in total. The summed E-state index contributed by atoms with van der Waals surface area (Å²) in [5.74, 6) is 2.48. The fraction of sp³-hybridized carbons (Fsp3) is 0.680. The highest BCUT2D eigenvalue weighted by Crippen LogP contribution is 2.28. The first kappa shape index (κ1) is 23.4. The van der Waals surface area contributed by atoms with E-state index in [1.165, 1.54) is 32.1 Å². The number of likely N-dealkylation sites (tertiary alicyclic amines) is 1. The van der Waals surface area contributed by atoms with E-state index in [-0.39, 0.29) is 17.9 Å². The maximum atomic E-state index is 12.6. The van der Waals surface area contributed by atoms with Crippen molar-refractivity contribution in [2.24, 2.45) is 5.92 Å². The standard InChI is InChI=1S/C25H38N2O4/c1-30-22-11-8-20(18-23(22)31-2)10-13-25(29)27-16-14-21(15-17-27)26-24(28)12-9-19-6-4-3-5-7-19/h8,11,18-19,21H,3-7,9-10,12-17H2,1-2H3,(H,26,28). The minimum Gasteiger partial charge on any atom is -0.493 e. The molecule has 1 aromatic carbocycles. The molecule has 6 heteroatoms. The maximum Gasteiger partial charge on any atom is 0.222 e. The topological polar surface area (TPSA) is 67.9 Å². The summed E-state index contributed by atoms with van der Waals surface area (Å²) < 4.78 is 10.6. The van der Waals surface area contributed by atoms with E-state index in [9.17, 15) is 9.59 Å². The van der Waals surface area contributed by atoms with Crippen LogP contribution in [0.4, 0.5) is 0 Å². The quantitative estimate of drug-likeness (QED) is 0.640. The fourth-order valence-corrected chi connectivity index (χ4v) is 4.83. The molecule has 0 bridgehead atoms. The Morgan fingerprint density at radius 1 is 0.968 bits per heavy atom. The number of nitrogens with one attached hydrogen (secondary N) is 1. The van der Waals surface area contributed by atoms with Crippen molar-refractivity contribution in [2.45, 2.75) is 76.7 Å². The molecule has 1 saturated heterocycles. The number of hydrogen-bond donors (Lipinski definition) is 1. The number of ether oxygens (including phenoxy) is 2. The third-order valence-electron chi connectivity index (χ3n) is 6.79. The van der Waals surface area contributed by atoms with E-state index >= 15 is 0 Å². The van der Waals surface area contributed by atoms with Crippen molar-refractivity contribution in [1.82, 2.24) is 10.2 Å². The van der Waals surface area contributed by atoms with Gasteiger partial charge in [0.1, 0.15) is 0 Å². The van der Waals surface area contributed by atoms with Gasteiger partial charge < -0.3 is 19.7 Å². The normalized spacial score (nSPS) is 17.9. The predicted octanol–water partition coefficient (Wildman–Crippen LogP) is 4.10. The third-order valence-corrected chi connectivity index (χ3v) is 6.79. The van der Waals surface area contributed by atoms with Gasteiger partial charge in [0.2, 0.25) is 11.8 Å². The van der Waals surface area contributed by atoms with Gasteiger partial charge in [-0.3, -0.25) is 9.59 Å². The smallest absolute Gasteiger partial charge is 0.222 e. The Hall–Kier alpha value is -2.24. The third kappa shape index (κ3) is 7.15. The SMILES string of the molecule is COc1ccc(CCC(=O)N2CCC(NC(=O)CCC3CCCCC3)CC2)cc1OC. The van der Waals surface area contributed by atoms with Crippen LogP contribution in [-0.2, 0) is 16.0 Å². The van der Waals surface area contributed by atoms with E-state index in [2.05, 4.69) is 5.32 Å². The van der Waals surface area contributed by atoms with Crippen LogP contribution in [0.3, 0.4) is 0 Å². The summed E-state index contributed by atoms with van der Waals surface area (Å²) in [6.45, 7) is 1.44. The number of benzene rings is 1. The minimum atomic E-state index is 0.178. The molecule has 31 heavy (non-hydrogen) atoms. The zero-order valence-corrected chi connectivity index (χ0v) is 19.2. The number of nitrogens with zero attached hydrogens (tertiary/aromatic N) is 1. The predicted molar refractivity (Wildman–Crippen MR) is 121 cm³/mol. The number of aryl methyl sites for hydroxylation is 1. The summed E-state index contributed by atoms with van der Waals surface area (Å²) in [4.78, 5) is 26.9. The molecule has 0 radical (unpaired) electrons. The summed E-state index contributed by atoms with van der Waals surface area (Å²) in [7, 11) is 3.23. The van der Waals surface area contributed by atoms with Crippen LogP contribution in [0.5, 0.6) is 11.5 Å². The van der Waals surface area contributed by atoms with E-state index in [0.717, 1.165) is 43.8 Å². The first-order valence-electron chi connectivity index (χ1n) is 11.9. The lowest BCUT2D eigenvalue weighted by Crippen LogP contribution is -2.46. The first-order chi connectivity index (χ1) is 15.1. The molecule has 6 nitrogen and oxygen atoms in total. The molecular weight excluding hydrogens is 392 g/mol. The van der Waals surface area contributed by atoms with Crippen LogP contribution in [-0.4, -0.2) is 50.1 Å². The van der Waals surface area contributed by atoms with Crippen LogP contribution in [0.1, 0.15) is 69.8 Å². The molecule has 1 heterocycles. The van der Waals surface area contributed by atoms with Gasteiger partial charge in [0, 0.05) is 32.0 Å². The Morgan fingerprint density at radius 2 is 1.68 bits per heavy atom. The molecular formula is C25H38N2O4. The lowest BCUT2D eigenvalue weighted by molar-refractivity contribution is -0.132. The number of carbonyl (C=O) groups excluding carboxylic acids is 2. The lowest BCUT2D eigenvalue weighted by Gasteiger charge is -2.32. The first-order valence-corrected chi connectivity index (χ1v) is 11.9. The van der Waals surface area contributed by atoms with E-state index in [1.54, 1.807) is 14.2 Å². The van der Waals surface area contributed by atoms with E-state index in [4.69, 9.17) is 9.47 Å². The fourth-order valence-electron chi connectivity index (χ4n) is 4.83. The zero-order valence-electron chi connectivity index (χ0n) is 19.2. The Morgan fingerprint density at radius 3 is 2.35 bits per heavy atom. The highest BCUT2D eigenvalue weighted by Gasteiger charge is 2.24. The van der Waals surface area contributed by atoms with Gasteiger partial charge in [-0.1, -0.05) is 38.2 Å². The van der Waals surface area contributed by atoms with Crippen molar-refractivity contribution in [1.29, 1.82) is 0 Å². The highest BCUT2D eigenvalue weighted by atomic mass is 16.5. The minimum absolute atomic E-state index is 0.178. The van der Waals surface area contributed by atoms with E-state index < -0.39 is 0 Å². The molecule has 172 valence electrons. The molecule has 3 rings (SSSR count). The van der Waals surface area contributed by atoms with Crippen molar-refractivity contribution in [3.8, 4) is 11.5 Å². The van der Waals surface area contributed by atoms with Crippen molar-refractivity contribution in [3.63, 3.8) is 0 Å². The number of carbonyl (C=O) groups is 2. The number of rotatable bonds is 9. The Kier molecular flexibility index (Phi) is 9.04. The van der Waals surface area contributed by atoms with Crippen molar-refractivity contribution in [2.75, 3.05) is 27.3 Å². The summed E-state index contributed by atoms with van der Waals surface area (Å²) in [5, 5.41) is 3.20. The van der Waals surface area contributed by atoms with Crippen molar-refractivity contribution in [3.05, 3.63) is 23.8 Å². The molecule has 1 saturated carbocycles. The highest BCUT2D eigenvalue weighted by molar-refractivity contribution is 5.77. The monoisotopic (exact) mass is 430 g/mol. The van der Waals surface area contributed by atoms with Gasteiger partial charge in [-0.05, 0) is 49.3 Å². The molecule has 0 aromatic heterocycles. The van der Waals surface area contributed by atoms with Crippen LogP contribution in [0.15, 0.2) is 18.2 Å². The second-order valence-electron chi connectivity index (χ2n) is 8.95. The Bertz CT molecular complexity index is 722. The molecule has 2 fully saturated rings. The molecule has 1 aromatic rings. The van der Waals surface area contributed by atoms with Crippen LogP contribution >= 0.6 is 0 Å². The molecule has 1 aliphatic heterocycles. The molecule has 0 unspecified atom stereocenters. The molecule has 0 atom stereocenters. The summed E-state index contributed by atoms with van der Waals surface area (Å²) >= 11 is 0. The average molecular weight is 431 g/mol. The second kappa shape index (κ2) is 12.0. The molecule has 1 aliphatic carbocycles. The van der Waals surface area contributed by atoms with Crippen LogP contribution in [0, 0.1) is 5.92 Å². The van der Waals surface area contributed by atoms with Crippen LogP contribution < -0.4 is 14.8 Å². The van der Waals surface area contributed by atoms with Gasteiger partial charge in [-0.2, -0.15) is 0 Å². The number of hydrogen-bond acceptors (Lipinski definition) is 4. The summed E-state index contributed by atoms with van der Waals surface area (Å²) in [6, 6.07) is 5.99. The van der Waals surface area contributed by atoms with E-state index in [0.29, 0.717) is 30.8 Å². The largest absolute Gasteiger partial charge is 0.493 e. The van der Waals surface area contributed by atoms with Crippen LogP contribution in [0.25, 0.3) is 0 Å². The second-order valence-corrected chi connectivity index (χ2v) is 8.95. The number of piperidine rings is 1.